The zero-order valence-electron chi connectivity index (χ0n) is 76.3. The standard InChI is InChI=1S/C32H39NO5.C27H31NO3.C25H33NO5.C22H22Cl3NO5/c1-31(2,3)38-30(34)33-24-32(4,37-22-27-18-12-7-13-19-27)29(36-21-26-16-10-6-11-17-26)28(33)23-35-20-25-14-8-5-9-15-25;1-27(31-19-24-15-9-4-10-16-24)21-28-25(20-29-17-22-11-5-2-6-12-22)26(27)30-18-23-13-7-3-8-14-23;1-24(2,3)31-23(27)26-18-25(4,28)22(30-16-20-13-9-6-10-14-20)21(26)17-29-15-19-11-7-5-8-12-19;23-22(24,25)15-31-21(28)26-11-19(27)20(30-13-17-9-5-2-6-10-17)18(26)14-29-12-16-7-3-1-4-8-16/h5-19,28-29H,20-24H2,1-4H3;2-16,25-26,28H,17-21H2,1H3;5-14,21-22,28H,15-18H2,1-4H3;1-10,18,20H,11-15H2/t28-,29-,32+;25-,26-,27+;21-,22-,25+;18-,20-/m1111/s1. The molecule has 3 amide bonds. The molecule has 4 fully saturated rings. The second kappa shape index (κ2) is 50.2. The topological polar surface area (TPSA) is 230 Å². The molecule has 4 aliphatic rings. The van der Waals surface area contributed by atoms with Gasteiger partial charge < -0.3 is 72.0 Å². The SMILES string of the molecule is CC(C)(C)OC(=O)N1C[C@](C)(O)[C@H](OCc2ccccc2)[C@H]1COCc1ccccc1.CC(C)(C)OC(=O)N1C[C@](C)(OCc2ccccc2)[C@H](OCc2ccccc2)[C@H]1COCc1ccccc1.C[C@]1(OCc2ccccc2)CN[C@H](COCc2ccccc2)[C@H]1OCc1ccccc1.O=C1CN(C(=O)OCC(Cl)(Cl)Cl)[C@H](COCc2ccccc2)[C@H]1OCc1ccccc1. The zero-order valence-corrected chi connectivity index (χ0v) is 78.6. The van der Waals surface area contributed by atoms with Crippen molar-refractivity contribution >= 4 is 58.9 Å². The van der Waals surface area contributed by atoms with Crippen LogP contribution in [0, 0.1) is 0 Å². The number of Topliss-reactive ketones (excluding diaryl/α,β-unsaturated/α-hetero) is 1. The number of aliphatic hydroxyl groups is 1. The number of carbonyl (C=O) groups excluding carboxylic acids is 4. The number of ketones is 1. The third kappa shape index (κ3) is 33.3. The number of nitrogens with zero attached hydrogens (tertiary/aromatic N) is 3. The molecular weight excluding hydrogens is 1720 g/mol. The number of halogens is 3. The summed E-state index contributed by atoms with van der Waals surface area (Å²) in [5.74, 6) is -0.241. The molecule has 4 saturated heterocycles. The van der Waals surface area contributed by atoms with Gasteiger partial charge in [0.05, 0.1) is 136 Å². The summed E-state index contributed by atoms with van der Waals surface area (Å²) in [7, 11) is 0. The molecule has 0 aliphatic carbocycles. The summed E-state index contributed by atoms with van der Waals surface area (Å²) in [6.45, 7) is 22.9. The molecule has 0 aromatic heterocycles. The highest BCUT2D eigenvalue weighted by atomic mass is 35.6. The number of benzene rings is 10. The van der Waals surface area contributed by atoms with Gasteiger partial charge in [-0.25, -0.2) is 14.4 Å². The first kappa shape index (κ1) is 102. The molecule has 131 heavy (non-hydrogen) atoms. The molecule has 14 rings (SSSR count). The summed E-state index contributed by atoms with van der Waals surface area (Å²) in [6, 6.07) is 98.0. The Morgan fingerprint density at radius 1 is 0.359 bits per heavy atom. The lowest BCUT2D eigenvalue weighted by Gasteiger charge is -2.33. The Morgan fingerprint density at radius 3 is 1.00 bits per heavy atom. The highest BCUT2D eigenvalue weighted by molar-refractivity contribution is 6.67. The van der Waals surface area contributed by atoms with E-state index in [1.165, 1.54) is 15.4 Å². The maximum absolute atomic E-state index is 13.4. The Labute approximate surface area is 786 Å². The lowest BCUT2D eigenvalue weighted by atomic mass is 9.98. The summed E-state index contributed by atoms with van der Waals surface area (Å²) in [4.78, 5) is 56.0. The Bertz CT molecular complexity index is 4990. The van der Waals surface area contributed by atoms with Crippen molar-refractivity contribution in [1.82, 2.24) is 20.0 Å². The smallest absolute Gasteiger partial charge is 0.410 e. The van der Waals surface area contributed by atoms with Gasteiger partial charge in [0.15, 0.2) is 5.78 Å². The molecule has 22 nitrogen and oxygen atoms in total. The van der Waals surface area contributed by atoms with Crippen LogP contribution >= 0.6 is 34.8 Å². The van der Waals surface area contributed by atoms with Gasteiger partial charge in [0.2, 0.25) is 3.79 Å². The van der Waals surface area contributed by atoms with Crippen molar-refractivity contribution < 1.29 is 85.9 Å². The summed E-state index contributed by atoms with van der Waals surface area (Å²) >= 11 is 17.0. The van der Waals surface area contributed by atoms with Gasteiger partial charge >= 0.3 is 18.3 Å². The van der Waals surface area contributed by atoms with E-state index in [0.29, 0.717) is 72.6 Å². The average molecular weight is 1850 g/mol. The fourth-order valence-electron chi connectivity index (χ4n) is 15.6. The van der Waals surface area contributed by atoms with Gasteiger partial charge in [-0.2, -0.15) is 0 Å². The van der Waals surface area contributed by atoms with Crippen LogP contribution in [0.5, 0.6) is 0 Å². The quantitative estimate of drug-likeness (QED) is 0.0278. The Morgan fingerprint density at radius 2 is 0.649 bits per heavy atom. The Kier molecular flexibility index (Phi) is 39.0. The lowest BCUT2D eigenvalue weighted by molar-refractivity contribution is -0.134. The summed E-state index contributed by atoms with van der Waals surface area (Å²) in [5, 5.41) is 14.7. The van der Waals surface area contributed by atoms with Gasteiger partial charge in [-0.1, -0.05) is 338 Å². The predicted molar refractivity (Wildman–Crippen MR) is 507 cm³/mol. The monoisotopic (exact) mass is 1850 g/mol. The molecule has 0 bridgehead atoms. The van der Waals surface area contributed by atoms with E-state index in [9.17, 15) is 24.3 Å². The van der Waals surface area contributed by atoms with Crippen molar-refractivity contribution in [2.45, 2.75) is 209 Å². The van der Waals surface area contributed by atoms with Gasteiger partial charge in [0.1, 0.15) is 59.0 Å². The van der Waals surface area contributed by atoms with E-state index in [1.54, 1.807) is 11.8 Å². The van der Waals surface area contributed by atoms with Gasteiger partial charge in [-0.3, -0.25) is 19.5 Å². The number of ether oxygens (including phenoxy) is 13. The molecule has 4 aliphatic heterocycles. The highest BCUT2D eigenvalue weighted by Gasteiger charge is 2.56. The zero-order chi connectivity index (χ0) is 93.1. The minimum atomic E-state index is -1.75. The van der Waals surface area contributed by atoms with Crippen LogP contribution in [0.25, 0.3) is 0 Å². The van der Waals surface area contributed by atoms with Crippen LogP contribution < -0.4 is 5.32 Å². The number of amides is 3. The fourth-order valence-corrected chi connectivity index (χ4v) is 15.8. The first-order chi connectivity index (χ1) is 62.9. The van der Waals surface area contributed by atoms with E-state index in [4.69, 9.17) is 96.4 Å². The van der Waals surface area contributed by atoms with Crippen molar-refractivity contribution in [2.24, 2.45) is 0 Å². The Hall–Kier alpha value is -9.93. The number of hydrogen-bond acceptors (Lipinski definition) is 19. The van der Waals surface area contributed by atoms with E-state index in [1.807, 2.05) is 315 Å². The second-order valence-corrected chi connectivity index (χ2v) is 38.1. The van der Waals surface area contributed by atoms with Crippen LogP contribution in [-0.2, 0) is 132 Å². The van der Waals surface area contributed by atoms with Crippen molar-refractivity contribution in [2.75, 3.05) is 59.2 Å². The molecule has 0 saturated carbocycles. The number of alkyl halides is 3. The van der Waals surface area contributed by atoms with E-state index in [0.717, 1.165) is 56.6 Å². The Balaban J connectivity index is 0.000000169. The van der Waals surface area contributed by atoms with Gasteiger partial charge in [-0.15, -0.1) is 0 Å². The van der Waals surface area contributed by atoms with Gasteiger partial charge in [0.25, 0.3) is 0 Å². The van der Waals surface area contributed by atoms with Crippen molar-refractivity contribution in [3.63, 3.8) is 0 Å². The fraction of sp³-hybridized carbons (Fsp3) is 0.396. The maximum Gasteiger partial charge on any atom is 0.410 e. The van der Waals surface area contributed by atoms with Crippen LogP contribution in [0.3, 0.4) is 0 Å². The maximum atomic E-state index is 13.4. The number of nitrogens with one attached hydrogen (secondary N) is 1. The molecule has 10 aromatic carbocycles. The molecule has 0 unspecified atom stereocenters. The number of carbonyl (C=O) groups is 4. The molecule has 0 radical (unpaired) electrons. The average Bonchev–Trinajstić information content (AvgIpc) is 1.67. The van der Waals surface area contributed by atoms with Crippen LogP contribution in [0.1, 0.15) is 118 Å². The first-order valence-corrected chi connectivity index (χ1v) is 45.5. The third-order valence-electron chi connectivity index (χ3n) is 22.1. The molecule has 0 spiro atoms. The highest BCUT2D eigenvalue weighted by Crippen LogP contribution is 2.39. The molecule has 11 atom stereocenters. The molecule has 10 aromatic rings. The van der Waals surface area contributed by atoms with Crippen LogP contribution in [-0.4, -0.2) is 183 Å². The largest absolute Gasteiger partial charge is 0.445 e. The first-order valence-electron chi connectivity index (χ1n) is 44.4. The minimum absolute atomic E-state index is 0.0631. The number of β-amino-alcohol motifs (C(OH)–C–C–N with tert-alkyl or cyclic N) is 1. The van der Waals surface area contributed by atoms with Crippen molar-refractivity contribution in [1.29, 1.82) is 0 Å². The molecule has 698 valence electrons. The van der Waals surface area contributed by atoms with E-state index < -0.39 is 93.1 Å². The van der Waals surface area contributed by atoms with Gasteiger partial charge in [-0.05, 0) is 118 Å². The molecule has 25 heteroatoms. The van der Waals surface area contributed by atoms with Gasteiger partial charge in [0, 0.05) is 6.54 Å². The van der Waals surface area contributed by atoms with E-state index in [2.05, 4.69) is 48.6 Å². The predicted octanol–water partition coefficient (Wildman–Crippen LogP) is 19.8. The minimum Gasteiger partial charge on any atom is -0.445 e. The lowest BCUT2D eigenvalue weighted by Crippen LogP contribution is -2.47. The number of likely N-dealkylation sites (tertiary alicyclic amines) is 3. The molecular formula is C106H125Cl3N4O18. The third-order valence-corrected chi connectivity index (χ3v) is 22.5. The van der Waals surface area contributed by atoms with Crippen LogP contribution in [0.2, 0.25) is 0 Å². The normalized spacial score (nSPS) is 21.8. The second-order valence-electron chi connectivity index (χ2n) is 35.6. The van der Waals surface area contributed by atoms with Crippen molar-refractivity contribution in [3.05, 3.63) is 359 Å². The summed E-state index contributed by atoms with van der Waals surface area (Å²) < 4.78 is 76.7. The molecule has 2 N–H and O–H groups in total. The van der Waals surface area contributed by atoms with E-state index in [-0.39, 0.29) is 57.4 Å². The van der Waals surface area contributed by atoms with E-state index >= 15 is 0 Å². The summed E-state index contributed by atoms with van der Waals surface area (Å²) in [5.41, 5.74) is 6.88. The molecule has 4 heterocycles. The number of rotatable bonds is 35. The van der Waals surface area contributed by atoms with Crippen LogP contribution in [0.4, 0.5) is 14.4 Å². The number of hydrogen-bond donors (Lipinski definition) is 2. The van der Waals surface area contributed by atoms with Crippen LogP contribution in [0.15, 0.2) is 303 Å². The van der Waals surface area contributed by atoms with Crippen molar-refractivity contribution in [3.8, 4) is 0 Å². The summed E-state index contributed by atoms with van der Waals surface area (Å²) in [6.07, 6.45) is -3.66.